The van der Waals surface area contributed by atoms with Crippen molar-refractivity contribution in [3.63, 3.8) is 0 Å². The minimum absolute atomic E-state index is 0.0133. The van der Waals surface area contributed by atoms with Gasteiger partial charge in [0.05, 0.1) is 19.3 Å². The van der Waals surface area contributed by atoms with Crippen LogP contribution in [0.25, 0.3) is 0 Å². The van der Waals surface area contributed by atoms with Gasteiger partial charge in [-0.3, -0.25) is 14.5 Å². The minimum Gasteiger partial charge on any atom is -0.497 e. The topological polar surface area (TPSA) is 74.8 Å². The van der Waals surface area contributed by atoms with Crippen LogP contribution in [-0.2, 0) is 25.2 Å². The number of likely N-dealkylation sites (tertiary alicyclic amines) is 2. The average molecular weight is 719 g/mol. The van der Waals surface area contributed by atoms with Gasteiger partial charge < -0.3 is 28.9 Å². The second kappa shape index (κ2) is 15.3. The van der Waals surface area contributed by atoms with Crippen LogP contribution in [0.1, 0.15) is 54.2 Å². The number of alkyl halides is 4. The van der Waals surface area contributed by atoms with Gasteiger partial charge >= 0.3 is 6.18 Å². The SMILES string of the molecule is COC[C@H]1CN(C(=O)[C@]2(F)CN(C3CCOCC3)C[C@H]2c2ccc(OC)cc2)C[C@@H]1c1ccc(C(F)(F)F)cc1N1CCC(C(=O)N(C)C)CC1. The lowest BCUT2D eigenvalue weighted by Crippen LogP contribution is -2.50. The van der Waals surface area contributed by atoms with Crippen molar-refractivity contribution in [2.24, 2.45) is 11.8 Å². The highest BCUT2D eigenvalue weighted by Gasteiger charge is 2.57. The molecule has 0 aromatic heterocycles. The molecule has 2 amide bonds. The summed E-state index contributed by atoms with van der Waals surface area (Å²) in [5.41, 5.74) is -1.15. The molecule has 0 unspecified atom stereocenters. The van der Waals surface area contributed by atoms with E-state index in [9.17, 15) is 22.8 Å². The molecule has 0 spiro atoms. The van der Waals surface area contributed by atoms with E-state index in [1.165, 1.54) is 12.1 Å². The molecule has 2 aromatic rings. The number of carbonyl (C=O) groups is 2. The Labute approximate surface area is 297 Å². The molecule has 2 aromatic carbocycles. The Morgan fingerprint density at radius 3 is 2.25 bits per heavy atom. The van der Waals surface area contributed by atoms with Crippen molar-refractivity contribution in [3.05, 3.63) is 59.2 Å². The molecule has 280 valence electrons. The van der Waals surface area contributed by atoms with Crippen molar-refractivity contribution in [1.82, 2.24) is 14.7 Å². The largest absolute Gasteiger partial charge is 0.497 e. The van der Waals surface area contributed by atoms with Gasteiger partial charge in [-0.1, -0.05) is 18.2 Å². The second-order valence-electron chi connectivity index (χ2n) is 14.8. The number of rotatable bonds is 9. The van der Waals surface area contributed by atoms with Crippen molar-refractivity contribution < 1.29 is 41.4 Å². The number of methoxy groups -OCH3 is 2. The molecule has 4 aliphatic rings. The van der Waals surface area contributed by atoms with Gasteiger partial charge in [-0.15, -0.1) is 0 Å². The van der Waals surface area contributed by atoms with Gasteiger partial charge in [-0.25, -0.2) is 4.39 Å². The van der Waals surface area contributed by atoms with Crippen LogP contribution in [-0.4, -0.2) is 126 Å². The molecular weight excluding hydrogens is 668 g/mol. The number of ether oxygens (including phenoxy) is 3. The first-order valence-electron chi connectivity index (χ1n) is 17.9. The molecule has 4 fully saturated rings. The summed E-state index contributed by atoms with van der Waals surface area (Å²) < 4.78 is 76.4. The van der Waals surface area contributed by atoms with Crippen molar-refractivity contribution in [2.45, 2.75) is 55.4 Å². The van der Waals surface area contributed by atoms with Crippen LogP contribution in [0.5, 0.6) is 5.75 Å². The van der Waals surface area contributed by atoms with Gasteiger partial charge in [0.2, 0.25) is 11.6 Å². The first-order valence-corrected chi connectivity index (χ1v) is 17.9. The van der Waals surface area contributed by atoms with E-state index in [1.807, 2.05) is 17.0 Å². The van der Waals surface area contributed by atoms with Gasteiger partial charge in [0, 0.05) is 109 Å². The van der Waals surface area contributed by atoms with E-state index in [0.717, 1.165) is 18.9 Å². The number of hydrogen-bond donors (Lipinski definition) is 0. The number of piperidine rings is 1. The fraction of sp³-hybridized carbons (Fsp3) is 0.632. The average Bonchev–Trinajstić information content (AvgIpc) is 3.72. The van der Waals surface area contributed by atoms with Crippen molar-refractivity contribution >= 4 is 17.5 Å². The van der Waals surface area contributed by atoms with Crippen LogP contribution in [0.4, 0.5) is 23.2 Å². The highest BCUT2D eigenvalue weighted by Crippen LogP contribution is 2.46. The van der Waals surface area contributed by atoms with E-state index in [-0.39, 0.29) is 55.9 Å². The van der Waals surface area contributed by atoms with E-state index in [4.69, 9.17) is 14.2 Å². The lowest BCUT2D eigenvalue weighted by Gasteiger charge is -2.36. The van der Waals surface area contributed by atoms with Gasteiger partial charge in [0.1, 0.15) is 5.75 Å². The molecule has 4 heterocycles. The maximum absolute atomic E-state index is 17.8. The van der Waals surface area contributed by atoms with E-state index < -0.39 is 29.2 Å². The Morgan fingerprint density at radius 1 is 0.961 bits per heavy atom. The predicted molar refractivity (Wildman–Crippen MR) is 185 cm³/mol. The molecular formula is C38H50F4N4O5. The number of anilines is 1. The molecule has 4 aliphatic heterocycles. The van der Waals surface area contributed by atoms with Gasteiger partial charge in [-0.05, 0) is 61.1 Å². The smallest absolute Gasteiger partial charge is 0.416 e. The summed E-state index contributed by atoms with van der Waals surface area (Å²) in [6, 6.07) is 11.1. The summed E-state index contributed by atoms with van der Waals surface area (Å²) in [6.45, 7) is 2.98. The first kappa shape index (κ1) is 37.3. The minimum atomic E-state index is -4.55. The third-order valence-corrected chi connectivity index (χ3v) is 11.5. The zero-order valence-electron chi connectivity index (χ0n) is 30.0. The Balaban J connectivity index is 1.30. The molecule has 4 saturated heterocycles. The highest BCUT2D eigenvalue weighted by molar-refractivity contribution is 5.88. The monoisotopic (exact) mass is 718 g/mol. The molecule has 4 atom stereocenters. The summed E-state index contributed by atoms with van der Waals surface area (Å²) in [6.07, 6.45) is -1.99. The molecule has 51 heavy (non-hydrogen) atoms. The van der Waals surface area contributed by atoms with Crippen molar-refractivity contribution in [2.75, 3.05) is 92.3 Å². The van der Waals surface area contributed by atoms with Gasteiger partial charge in [0.15, 0.2) is 0 Å². The van der Waals surface area contributed by atoms with Gasteiger partial charge in [-0.2, -0.15) is 13.2 Å². The van der Waals surface area contributed by atoms with Crippen LogP contribution in [0.2, 0.25) is 0 Å². The zero-order valence-corrected chi connectivity index (χ0v) is 30.0. The third kappa shape index (κ3) is 7.71. The van der Waals surface area contributed by atoms with E-state index >= 15 is 4.39 Å². The van der Waals surface area contributed by atoms with E-state index in [0.29, 0.717) is 68.3 Å². The summed E-state index contributed by atoms with van der Waals surface area (Å²) in [4.78, 5) is 34.4. The lowest BCUT2D eigenvalue weighted by atomic mass is 9.85. The standard InChI is InChI=1S/C38H50F4N4O5/c1-43(2)35(47)26-11-15-44(16-12-26)34-19-28(38(40,41)42)7-10-31(34)32-21-45(20-27(32)23-49-3)36(48)37(39)24-46(29-13-17-51-18-14-29)22-33(37)25-5-8-30(50-4)9-6-25/h5-10,19,26-27,29,32-33H,11-18,20-24H2,1-4H3/t27-,32+,33+,37+/m1/s1. The number of hydrogen-bond acceptors (Lipinski definition) is 7. The number of amides is 2. The summed E-state index contributed by atoms with van der Waals surface area (Å²) in [7, 11) is 6.53. The molecule has 0 saturated carbocycles. The first-order chi connectivity index (χ1) is 24.3. The fourth-order valence-corrected chi connectivity index (χ4v) is 8.68. The van der Waals surface area contributed by atoms with Crippen molar-refractivity contribution in [3.8, 4) is 5.75 Å². The third-order valence-electron chi connectivity index (χ3n) is 11.5. The highest BCUT2D eigenvalue weighted by atomic mass is 19.4. The van der Waals surface area contributed by atoms with Crippen LogP contribution in [0.15, 0.2) is 42.5 Å². The summed E-state index contributed by atoms with van der Waals surface area (Å²) in [5.74, 6) is -1.51. The van der Waals surface area contributed by atoms with Crippen LogP contribution < -0.4 is 9.64 Å². The molecule has 13 heteroatoms. The molecule has 0 bridgehead atoms. The predicted octanol–water partition coefficient (Wildman–Crippen LogP) is 5.19. The van der Waals surface area contributed by atoms with Crippen LogP contribution in [0.3, 0.4) is 0 Å². The summed E-state index contributed by atoms with van der Waals surface area (Å²) in [5, 5.41) is 0. The van der Waals surface area contributed by atoms with Crippen molar-refractivity contribution in [1.29, 1.82) is 0 Å². The lowest BCUT2D eigenvalue weighted by molar-refractivity contribution is -0.143. The van der Waals surface area contributed by atoms with Crippen LogP contribution >= 0.6 is 0 Å². The molecule has 0 radical (unpaired) electrons. The van der Waals surface area contributed by atoms with E-state index in [1.54, 1.807) is 50.2 Å². The number of carbonyl (C=O) groups excluding carboxylic acids is 2. The molecule has 6 rings (SSSR count). The molecule has 0 N–H and O–H groups in total. The van der Waals surface area contributed by atoms with Crippen LogP contribution in [0, 0.1) is 11.8 Å². The Morgan fingerprint density at radius 2 is 1.65 bits per heavy atom. The maximum atomic E-state index is 17.8. The number of benzene rings is 2. The Hall–Kier alpha value is -3.42. The Kier molecular flexibility index (Phi) is 11.2. The summed E-state index contributed by atoms with van der Waals surface area (Å²) >= 11 is 0. The molecule has 0 aliphatic carbocycles. The zero-order chi connectivity index (χ0) is 36.5. The second-order valence-corrected chi connectivity index (χ2v) is 14.8. The number of halogens is 4. The molecule has 9 nitrogen and oxygen atoms in total. The van der Waals surface area contributed by atoms with Gasteiger partial charge in [0.25, 0.3) is 5.91 Å². The fourth-order valence-electron chi connectivity index (χ4n) is 8.68. The quantitative estimate of drug-likeness (QED) is 0.331. The van der Waals surface area contributed by atoms with E-state index in [2.05, 4.69) is 4.90 Å². The number of nitrogens with zero attached hydrogens (tertiary/aromatic N) is 4. The maximum Gasteiger partial charge on any atom is 0.416 e. The Bertz CT molecular complexity index is 1530. The normalized spacial score (nSPS) is 26.9.